The van der Waals surface area contributed by atoms with Gasteiger partial charge in [-0.05, 0) is 155 Å². The molecule has 70 heavy (non-hydrogen) atoms. The Bertz CT molecular complexity index is 4090. The van der Waals surface area contributed by atoms with Crippen molar-refractivity contribution in [2.75, 3.05) is 4.90 Å². The van der Waals surface area contributed by atoms with Crippen LogP contribution in [-0.2, 0) is 10.8 Å². The first-order valence-corrected chi connectivity index (χ1v) is 24.6. The molecular weight excluding hydrogens is 845 g/mol. The third-order valence-electron chi connectivity index (χ3n) is 16.2. The van der Waals surface area contributed by atoms with Crippen LogP contribution in [0.1, 0.15) is 47.2 Å². The van der Waals surface area contributed by atoms with Crippen molar-refractivity contribution in [2.45, 2.75) is 24.7 Å². The van der Waals surface area contributed by atoms with Crippen molar-refractivity contribution in [1.29, 1.82) is 0 Å². The number of aromatic nitrogens is 1. The average molecular weight is 891 g/mol. The fraction of sp³-hybridized carbons (Fsp3) is 0.0588. The summed E-state index contributed by atoms with van der Waals surface area (Å²) < 4.78 is 2.47. The van der Waals surface area contributed by atoms with Gasteiger partial charge in [-0.25, -0.2) is 0 Å². The van der Waals surface area contributed by atoms with Crippen LogP contribution in [0.4, 0.5) is 17.1 Å². The predicted molar refractivity (Wildman–Crippen MR) is 292 cm³/mol. The van der Waals surface area contributed by atoms with E-state index in [1.54, 1.807) is 0 Å². The Morgan fingerprint density at radius 2 is 0.786 bits per heavy atom. The molecule has 2 nitrogen and oxygen atoms in total. The summed E-state index contributed by atoms with van der Waals surface area (Å²) in [7, 11) is 0. The molecule has 0 bridgehead atoms. The van der Waals surface area contributed by atoms with E-state index in [1.807, 2.05) is 0 Å². The number of para-hydroxylation sites is 1. The van der Waals surface area contributed by atoms with Crippen LogP contribution >= 0.6 is 0 Å². The average Bonchev–Trinajstić information content (AvgIpc) is 4.08. The van der Waals surface area contributed by atoms with Crippen LogP contribution < -0.4 is 4.90 Å². The van der Waals surface area contributed by atoms with Crippen molar-refractivity contribution in [2.24, 2.45) is 0 Å². The van der Waals surface area contributed by atoms with E-state index in [2.05, 4.69) is 266 Å². The monoisotopic (exact) mass is 890 g/mol. The molecule has 0 radical (unpaired) electrons. The molecule has 0 saturated carbocycles. The molecule has 0 N–H and O–H groups in total. The highest BCUT2D eigenvalue weighted by atomic mass is 15.1. The summed E-state index contributed by atoms with van der Waals surface area (Å²) in [6, 6.07) is 91.0. The Hall–Kier alpha value is -8.72. The van der Waals surface area contributed by atoms with Gasteiger partial charge in [0, 0.05) is 38.9 Å². The van der Waals surface area contributed by atoms with E-state index in [4.69, 9.17) is 0 Å². The van der Waals surface area contributed by atoms with Crippen LogP contribution in [0.5, 0.6) is 0 Å². The first-order chi connectivity index (χ1) is 34.5. The Balaban J connectivity index is 0.905. The molecule has 2 heteroatoms. The molecule has 0 aliphatic heterocycles. The van der Waals surface area contributed by atoms with Gasteiger partial charge in [0.2, 0.25) is 0 Å². The van der Waals surface area contributed by atoms with Crippen LogP contribution in [0.3, 0.4) is 0 Å². The van der Waals surface area contributed by atoms with Gasteiger partial charge in [0.15, 0.2) is 0 Å². The van der Waals surface area contributed by atoms with Crippen LogP contribution in [0, 0.1) is 0 Å². The summed E-state index contributed by atoms with van der Waals surface area (Å²) in [5, 5.41) is 5.07. The maximum absolute atomic E-state index is 2.51. The minimum atomic E-state index is -0.444. The molecule has 3 aliphatic rings. The highest BCUT2D eigenvalue weighted by molar-refractivity contribution is 6.13. The second-order valence-corrected chi connectivity index (χ2v) is 20.0. The molecule has 0 fully saturated rings. The molecule has 1 aromatic heterocycles. The van der Waals surface area contributed by atoms with Crippen molar-refractivity contribution in [3.8, 4) is 50.2 Å². The molecule has 0 atom stereocenters. The number of rotatable bonds is 5. The smallest absolute Gasteiger partial charge is 0.0726 e. The minimum Gasteiger partial charge on any atom is -0.310 e. The molecule has 0 amide bonds. The van der Waals surface area contributed by atoms with Crippen molar-refractivity contribution in [1.82, 2.24) is 4.57 Å². The summed E-state index contributed by atoms with van der Waals surface area (Å²) in [4.78, 5) is 2.49. The lowest BCUT2D eigenvalue weighted by atomic mass is 9.70. The molecule has 1 heterocycles. The van der Waals surface area contributed by atoms with Crippen LogP contribution in [0.15, 0.2) is 243 Å². The van der Waals surface area contributed by atoms with Crippen molar-refractivity contribution in [3.05, 3.63) is 276 Å². The van der Waals surface area contributed by atoms with Crippen LogP contribution in [0.25, 0.3) is 82.8 Å². The summed E-state index contributed by atoms with van der Waals surface area (Å²) in [5.74, 6) is 0. The maximum atomic E-state index is 2.51. The lowest BCUT2D eigenvalue weighted by molar-refractivity contribution is 0.660. The van der Waals surface area contributed by atoms with E-state index in [1.165, 1.54) is 116 Å². The van der Waals surface area contributed by atoms with Gasteiger partial charge in [0.25, 0.3) is 0 Å². The summed E-state index contributed by atoms with van der Waals surface area (Å²) in [6.07, 6.45) is 0. The molecule has 3 aliphatic carbocycles. The second-order valence-electron chi connectivity index (χ2n) is 20.0. The quantitative estimate of drug-likeness (QED) is 0.167. The molecular formula is C68H46N2. The first kappa shape index (κ1) is 39.3. The van der Waals surface area contributed by atoms with Gasteiger partial charge < -0.3 is 9.47 Å². The molecule has 12 aromatic rings. The zero-order valence-corrected chi connectivity index (χ0v) is 39.0. The molecule has 0 saturated heterocycles. The van der Waals surface area contributed by atoms with Crippen molar-refractivity contribution in [3.63, 3.8) is 0 Å². The van der Waals surface area contributed by atoms with E-state index in [0.717, 1.165) is 17.1 Å². The Labute approximate surface area is 408 Å². The van der Waals surface area contributed by atoms with Gasteiger partial charge in [-0.3, -0.25) is 0 Å². The molecule has 0 unspecified atom stereocenters. The molecule has 328 valence electrons. The fourth-order valence-corrected chi connectivity index (χ4v) is 13.0. The third-order valence-corrected chi connectivity index (χ3v) is 16.2. The van der Waals surface area contributed by atoms with Gasteiger partial charge in [0.1, 0.15) is 0 Å². The van der Waals surface area contributed by atoms with E-state index < -0.39 is 5.41 Å². The number of fused-ring (bicyclic) bond motifs is 17. The lowest BCUT2D eigenvalue weighted by Gasteiger charge is -2.32. The van der Waals surface area contributed by atoms with Gasteiger partial charge in [0.05, 0.1) is 16.4 Å². The zero-order valence-electron chi connectivity index (χ0n) is 39.0. The number of benzene rings is 11. The number of anilines is 3. The Morgan fingerprint density at radius 1 is 0.314 bits per heavy atom. The zero-order chi connectivity index (χ0) is 46.3. The highest BCUT2D eigenvalue weighted by Gasteiger charge is 2.51. The van der Waals surface area contributed by atoms with E-state index >= 15 is 0 Å². The van der Waals surface area contributed by atoms with E-state index in [0.29, 0.717) is 0 Å². The highest BCUT2D eigenvalue weighted by Crippen LogP contribution is 2.63. The Kier molecular flexibility index (Phi) is 8.08. The van der Waals surface area contributed by atoms with Gasteiger partial charge in [-0.15, -0.1) is 0 Å². The van der Waals surface area contributed by atoms with Crippen molar-refractivity contribution < 1.29 is 0 Å². The molecule has 11 aromatic carbocycles. The van der Waals surface area contributed by atoms with Crippen LogP contribution in [0.2, 0.25) is 0 Å². The second kappa shape index (κ2) is 14.4. The Morgan fingerprint density at radius 3 is 1.44 bits per heavy atom. The topological polar surface area (TPSA) is 8.17 Å². The number of hydrogen-bond donors (Lipinski definition) is 0. The summed E-state index contributed by atoms with van der Waals surface area (Å²) in [6.45, 7) is 4.82. The molecule has 15 rings (SSSR count). The SMILES string of the molecule is CC1(C)c2cc(N(c3ccc(-c4ccccc4)cc3)c3ccc4c(c3)C3(c5ccccc5-c5ccccc53)c3ccccc3-4)ccc2-c2ccc(-n3c4ccccc4c4cc5ccccc5cc43)cc21. The van der Waals surface area contributed by atoms with Gasteiger partial charge >= 0.3 is 0 Å². The minimum absolute atomic E-state index is 0.272. The van der Waals surface area contributed by atoms with Crippen molar-refractivity contribution >= 4 is 49.6 Å². The first-order valence-electron chi connectivity index (χ1n) is 24.6. The maximum Gasteiger partial charge on any atom is 0.0726 e. The predicted octanol–water partition coefficient (Wildman–Crippen LogP) is 17.7. The van der Waals surface area contributed by atoms with E-state index in [9.17, 15) is 0 Å². The van der Waals surface area contributed by atoms with Crippen LogP contribution in [-0.4, -0.2) is 4.57 Å². The number of hydrogen-bond acceptors (Lipinski definition) is 1. The largest absolute Gasteiger partial charge is 0.310 e. The normalized spacial score (nSPS) is 14.1. The van der Waals surface area contributed by atoms with Gasteiger partial charge in [-0.1, -0.05) is 190 Å². The summed E-state index contributed by atoms with van der Waals surface area (Å²) in [5.41, 5.74) is 24.6. The third kappa shape index (κ3) is 5.28. The summed E-state index contributed by atoms with van der Waals surface area (Å²) >= 11 is 0. The lowest BCUT2D eigenvalue weighted by Crippen LogP contribution is -2.26. The molecule has 1 spiro atoms. The fourth-order valence-electron chi connectivity index (χ4n) is 13.0. The van der Waals surface area contributed by atoms with Gasteiger partial charge in [-0.2, -0.15) is 0 Å². The standard InChI is InChI=1S/C68H46N2/c1-67(2)62-40-48(32-35-54(62)55-36-34-50(41-63(55)67)70-65-27-15-11-23-57(65)58-38-45-18-6-7-19-46(45)39-66(58)70)69(47-30-28-44(29-31-47)43-16-4-3-5-17-43)49-33-37-56-53-22-10-14-26-61(53)68(64(56)42-49)59-24-12-8-20-51(59)52-21-9-13-25-60(52)68/h3-42H,1-2H3. The van der Waals surface area contributed by atoms with E-state index in [-0.39, 0.29) is 5.41 Å². The number of nitrogens with zero attached hydrogens (tertiary/aromatic N) is 2.